The van der Waals surface area contributed by atoms with E-state index in [0.717, 1.165) is 11.3 Å². The van der Waals surface area contributed by atoms with Gasteiger partial charge < -0.3 is 24.8 Å². The molecule has 0 bridgehead atoms. The number of para-hydroxylation sites is 1. The summed E-state index contributed by atoms with van der Waals surface area (Å²) in [5, 5.41) is 13.5. The summed E-state index contributed by atoms with van der Waals surface area (Å²) in [7, 11) is 5.05. The van der Waals surface area contributed by atoms with Crippen molar-refractivity contribution in [2.45, 2.75) is 6.54 Å². The number of aromatic hydroxyl groups is 1. The molecule has 0 radical (unpaired) electrons. The van der Waals surface area contributed by atoms with Gasteiger partial charge in [-0.05, 0) is 30.4 Å². The molecule has 0 atom stereocenters. The third-order valence-electron chi connectivity index (χ3n) is 3.40. The van der Waals surface area contributed by atoms with E-state index in [1.54, 1.807) is 32.4 Å². The zero-order valence-corrected chi connectivity index (χ0v) is 14.2. The monoisotopic (exact) mass is 332 g/mol. The van der Waals surface area contributed by atoms with E-state index >= 15 is 0 Å². The lowest BCUT2D eigenvalue weighted by molar-refractivity contribution is 0.395. The summed E-state index contributed by atoms with van der Waals surface area (Å²) in [5.41, 5.74) is 1.56. The number of ether oxygens (including phenoxy) is 2. The summed E-state index contributed by atoms with van der Waals surface area (Å²) in [6, 6.07) is 12.7. The number of anilines is 1. The van der Waals surface area contributed by atoms with Crippen LogP contribution in [0.15, 0.2) is 42.5 Å². The van der Waals surface area contributed by atoms with Crippen LogP contribution in [0.2, 0.25) is 0 Å². The Kier molecular flexibility index (Phi) is 5.65. The van der Waals surface area contributed by atoms with Crippen LogP contribution in [0, 0.1) is 0 Å². The van der Waals surface area contributed by atoms with Gasteiger partial charge in [-0.1, -0.05) is 18.2 Å². The van der Waals surface area contributed by atoms with Crippen LogP contribution in [0.4, 0.5) is 5.69 Å². The molecule has 0 aromatic heterocycles. The van der Waals surface area contributed by atoms with E-state index in [-0.39, 0.29) is 5.75 Å². The quantitative estimate of drug-likeness (QED) is 0.820. The van der Waals surface area contributed by atoms with Crippen LogP contribution in [0.1, 0.15) is 5.56 Å². The van der Waals surface area contributed by atoms with Gasteiger partial charge in [0.15, 0.2) is 5.11 Å². The lowest BCUT2D eigenvalue weighted by Crippen LogP contribution is -2.30. The molecular formula is C17H20N2O3S. The van der Waals surface area contributed by atoms with E-state index in [1.807, 2.05) is 36.2 Å². The molecule has 0 aliphatic rings. The normalized spacial score (nSPS) is 10.0. The van der Waals surface area contributed by atoms with Gasteiger partial charge >= 0.3 is 0 Å². The van der Waals surface area contributed by atoms with E-state index < -0.39 is 0 Å². The number of phenolic OH excluding ortho intramolecular Hbond substituents is 1. The average molecular weight is 332 g/mol. The number of rotatable bonds is 5. The minimum atomic E-state index is 0.254. The van der Waals surface area contributed by atoms with Crippen molar-refractivity contribution in [3.8, 4) is 17.2 Å². The van der Waals surface area contributed by atoms with Gasteiger partial charge in [-0.3, -0.25) is 0 Å². The van der Waals surface area contributed by atoms with Gasteiger partial charge in [-0.15, -0.1) is 0 Å². The Hall–Kier alpha value is -2.47. The number of methoxy groups -OCH3 is 2. The third-order valence-corrected chi connectivity index (χ3v) is 3.81. The van der Waals surface area contributed by atoms with E-state index in [0.29, 0.717) is 23.2 Å². The molecule has 0 heterocycles. The number of phenols is 1. The first-order valence-electron chi connectivity index (χ1n) is 7.06. The molecule has 0 saturated carbocycles. The van der Waals surface area contributed by atoms with Crippen LogP contribution in [-0.4, -0.2) is 36.4 Å². The summed E-state index contributed by atoms with van der Waals surface area (Å²) in [6.45, 7) is 0.497. The Bertz CT molecular complexity index is 691. The van der Waals surface area contributed by atoms with Crippen molar-refractivity contribution in [1.82, 2.24) is 4.90 Å². The standard InChI is InChI=1S/C17H20N2O3S/c1-19(11-12-6-4-5-7-15(12)20)17(23)18-14-9-8-13(21-2)10-16(14)22-3/h4-10,20H,11H2,1-3H3,(H,18,23). The van der Waals surface area contributed by atoms with Crippen LogP contribution in [-0.2, 0) is 6.54 Å². The second-order valence-electron chi connectivity index (χ2n) is 4.98. The molecule has 23 heavy (non-hydrogen) atoms. The summed E-state index contributed by atoms with van der Waals surface area (Å²) in [5.74, 6) is 1.60. The summed E-state index contributed by atoms with van der Waals surface area (Å²) >= 11 is 5.42. The average Bonchev–Trinajstić information content (AvgIpc) is 2.57. The van der Waals surface area contributed by atoms with Crippen molar-refractivity contribution in [2.24, 2.45) is 0 Å². The number of thiocarbonyl (C=S) groups is 1. The minimum absolute atomic E-state index is 0.254. The minimum Gasteiger partial charge on any atom is -0.508 e. The second kappa shape index (κ2) is 7.69. The van der Waals surface area contributed by atoms with Crippen molar-refractivity contribution >= 4 is 23.0 Å². The van der Waals surface area contributed by atoms with Crippen molar-refractivity contribution in [2.75, 3.05) is 26.6 Å². The Morgan fingerprint density at radius 1 is 1.17 bits per heavy atom. The van der Waals surface area contributed by atoms with Gasteiger partial charge in [0.25, 0.3) is 0 Å². The van der Waals surface area contributed by atoms with Crippen LogP contribution < -0.4 is 14.8 Å². The van der Waals surface area contributed by atoms with E-state index in [4.69, 9.17) is 21.7 Å². The first-order valence-corrected chi connectivity index (χ1v) is 7.47. The summed E-state index contributed by atoms with van der Waals surface area (Å²) in [6.07, 6.45) is 0. The van der Waals surface area contributed by atoms with Gasteiger partial charge in [0.05, 0.1) is 19.9 Å². The Labute approximate surface area is 141 Å². The van der Waals surface area contributed by atoms with E-state index in [2.05, 4.69) is 5.32 Å². The van der Waals surface area contributed by atoms with E-state index in [9.17, 15) is 5.11 Å². The van der Waals surface area contributed by atoms with Crippen LogP contribution in [0.5, 0.6) is 17.2 Å². The van der Waals surface area contributed by atoms with Crippen molar-refractivity contribution in [1.29, 1.82) is 0 Å². The number of hydrogen-bond acceptors (Lipinski definition) is 4. The highest BCUT2D eigenvalue weighted by Gasteiger charge is 2.11. The number of nitrogens with one attached hydrogen (secondary N) is 1. The predicted molar refractivity (Wildman–Crippen MR) is 95.3 cm³/mol. The zero-order chi connectivity index (χ0) is 16.8. The van der Waals surface area contributed by atoms with Crippen LogP contribution in [0.25, 0.3) is 0 Å². The predicted octanol–water partition coefficient (Wildman–Crippen LogP) is 3.24. The maximum absolute atomic E-state index is 9.85. The van der Waals surface area contributed by atoms with Gasteiger partial charge in [-0.25, -0.2) is 0 Å². The Balaban J connectivity index is 2.08. The summed E-state index contributed by atoms with van der Waals surface area (Å²) in [4.78, 5) is 1.84. The first kappa shape index (κ1) is 16.9. The molecule has 0 saturated heterocycles. The fraction of sp³-hybridized carbons (Fsp3) is 0.235. The SMILES string of the molecule is COc1ccc(NC(=S)N(C)Cc2ccccc2O)c(OC)c1. The maximum Gasteiger partial charge on any atom is 0.173 e. The molecule has 2 N–H and O–H groups in total. The third kappa shape index (κ3) is 4.26. The molecule has 0 aliphatic heterocycles. The number of benzene rings is 2. The molecular weight excluding hydrogens is 312 g/mol. The van der Waals surface area contributed by atoms with Gasteiger partial charge in [0, 0.05) is 25.2 Å². The van der Waals surface area contributed by atoms with Crippen molar-refractivity contribution in [3.05, 3.63) is 48.0 Å². The topological polar surface area (TPSA) is 54.0 Å². The molecule has 0 aliphatic carbocycles. The highest BCUT2D eigenvalue weighted by Crippen LogP contribution is 2.29. The lowest BCUT2D eigenvalue weighted by Gasteiger charge is -2.22. The fourth-order valence-electron chi connectivity index (χ4n) is 2.08. The molecule has 0 spiro atoms. The molecule has 2 aromatic carbocycles. The summed E-state index contributed by atoms with van der Waals surface area (Å²) < 4.78 is 10.5. The molecule has 0 unspecified atom stereocenters. The molecule has 6 heteroatoms. The Morgan fingerprint density at radius 3 is 2.57 bits per heavy atom. The van der Waals surface area contributed by atoms with Gasteiger partial charge in [0.1, 0.15) is 17.2 Å². The second-order valence-corrected chi connectivity index (χ2v) is 5.37. The molecule has 122 valence electrons. The number of hydrogen-bond donors (Lipinski definition) is 2. The van der Waals surface area contributed by atoms with E-state index in [1.165, 1.54) is 0 Å². The molecule has 0 fully saturated rings. The Morgan fingerprint density at radius 2 is 1.91 bits per heavy atom. The fourth-order valence-corrected chi connectivity index (χ4v) is 2.26. The smallest absolute Gasteiger partial charge is 0.173 e. The van der Waals surface area contributed by atoms with Gasteiger partial charge in [-0.2, -0.15) is 0 Å². The lowest BCUT2D eigenvalue weighted by atomic mass is 10.2. The zero-order valence-electron chi connectivity index (χ0n) is 13.4. The number of nitrogens with zero attached hydrogens (tertiary/aromatic N) is 1. The molecule has 0 amide bonds. The molecule has 2 aromatic rings. The van der Waals surface area contributed by atoms with Crippen molar-refractivity contribution < 1.29 is 14.6 Å². The largest absolute Gasteiger partial charge is 0.508 e. The maximum atomic E-state index is 9.85. The van der Waals surface area contributed by atoms with Crippen molar-refractivity contribution in [3.63, 3.8) is 0 Å². The first-order chi connectivity index (χ1) is 11.0. The van der Waals surface area contributed by atoms with Gasteiger partial charge in [0.2, 0.25) is 0 Å². The van der Waals surface area contributed by atoms with Crippen LogP contribution >= 0.6 is 12.2 Å². The molecule has 2 rings (SSSR count). The van der Waals surface area contributed by atoms with Crippen LogP contribution in [0.3, 0.4) is 0 Å². The molecule has 5 nitrogen and oxygen atoms in total. The highest BCUT2D eigenvalue weighted by atomic mass is 32.1. The highest BCUT2D eigenvalue weighted by molar-refractivity contribution is 7.80.